The number of hydrogen-bond acceptors (Lipinski definition) is 9. The molecule has 3 atom stereocenters. The zero-order valence-electron chi connectivity index (χ0n) is 18.3. The number of benzene rings is 1. The summed E-state index contributed by atoms with van der Waals surface area (Å²) in [6.07, 6.45) is -0.553. The van der Waals surface area contributed by atoms with Gasteiger partial charge in [0.1, 0.15) is 29.4 Å². The molecule has 2 aromatic rings. The summed E-state index contributed by atoms with van der Waals surface area (Å²) in [4.78, 5) is 26.8. The molecule has 1 unspecified atom stereocenters. The largest absolute Gasteiger partial charge is 0.494 e. The van der Waals surface area contributed by atoms with E-state index in [0.29, 0.717) is 35.8 Å². The third-order valence-electron chi connectivity index (χ3n) is 5.34. The number of aromatic nitrogens is 2. The van der Waals surface area contributed by atoms with E-state index in [1.807, 2.05) is 0 Å². The summed E-state index contributed by atoms with van der Waals surface area (Å²) < 4.78 is 29.8. The van der Waals surface area contributed by atoms with Crippen molar-refractivity contribution in [2.24, 2.45) is 5.16 Å². The Bertz CT molecular complexity index is 1040. The number of rotatable bonds is 7. The van der Waals surface area contributed by atoms with Gasteiger partial charge >= 0.3 is 0 Å². The lowest BCUT2D eigenvalue weighted by Crippen LogP contribution is -2.43. The Hall–Kier alpha value is -3.15. The standard InChI is InChI=1S/C22H25FN4O6/c1-12-25-16(17-7-20(33-27-17)21-11-31-14(9-28)10-32-21)6-18(26-12)22(29)24-8-13-3-4-15(23)19(5-13)30-2/h3-6,14,20-21,28H,7-11H2,1-2H3,(H,24,29)/t14-,20+,21?/m1/s1. The van der Waals surface area contributed by atoms with Crippen LogP contribution in [0.15, 0.2) is 29.4 Å². The SMILES string of the molecule is COc1cc(CNC(=O)c2cc(C3=NO[C@H](C4CO[C@H](CO)CO4)C3)nc(C)n2)ccc1F. The van der Waals surface area contributed by atoms with Crippen molar-refractivity contribution < 1.29 is 33.3 Å². The molecule has 11 heteroatoms. The quantitative estimate of drug-likeness (QED) is 0.630. The third-order valence-corrected chi connectivity index (χ3v) is 5.34. The van der Waals surface area contributed by atoms with Crippen LogP contribution in [0.2, 0.25) is 0 Å². The van der Waals surface area contributed by atoms with Gasteiger partial charge in [-0.15, -0.1) is 0 Å². The van der Waals surface area contributed by atoms with Crippen LogP contribution in [-0.2, 0) is 20.9 Å². The second-order valence-corrected chi connectivity index (χ2v) is 7.73. The summed E-state index contributed by atoms with van der Waals surface area (Å²) in [7, 11) is 1.38. The molecule has 0 radical (unpaired) electrons. The first-order chi connectivity index (χ1) is 16.0. The molecule has 0 spiro atoms. The predicted molar refractivity (Wildman–Crippen MR) is 113 cm³/mol. The number of amides is 1. The van der Waals surface area contributed by atoms with Gasteiger partial charge in [-0.2, -0.15) is 0 Å². The van der Waals surface area contributed by atoms with E-state index in [0.717, 1.165) is 0 Å². The van der Waals surface area contributed by atoms with Gasteiger partial charge in [-0.05, 0) is 30.7 Å². The van der Waals surface area contributed by atoms with Gasteiger partial charge in [0.05, 0.1) is 32.6 Å². The molecule has 2 aliphatic rings. The molecule has 1 aromatic heterocycles. The van der Waals surface area contributed by atoms with Gasteiger partial charge in [0.15, 0.2) is 17.7 Å². The zero-order valence-corrected chi connectivity index (χ0v) is 18.3. The number of aliphatic hydroxyl groups excluding tert-OH is 1. The normalized spacial score (nSPS) is 22.4. The molecule has 3 heterocycles. The molecule has 0 aliphatic carbocycles. The minimum Gasteiger partial charge on any atom is -0.494 e. The van der Waals surface area contributed by atoms with E-state index < -0.39 is 11.7 Å². The predicted octanol–water partition coefficient (Wildman–Crippen LogP) is 1.13. The van der Waals surface area contributed by atoms with Crippen molar-refractivity contribution >= 4 is 11.6 Å². The molecule has 2 N–H and O–H groups in total. The van der Waals surface area contributed by atoms with Gasteiger partial charge in [0.25, 0.3) is 5.91 Å². The molecule has 2 aliphatic heterocycles. The summed E-state index contributed by atoms with van der Waals surface area (Å²) in [5, 5.41) is 16.0. The molecule has 33 heavy (non-hydrogen) atoms. The van der Waals surface area contributed by atoms with Crippen molar-refractivity contribution in [1.82, 2.24) is 15.3 Å². The van der Waals surface area contributed by atoms with Gasteiger partial charge in [-0.25, -0.2) is 14.4 Å². The molecule has 1 amide bonds. The van der Waals surface area contributed by atoms with E-state index in [2.05, 4.69) is 20.4 Å². The highest BCUT2D eigenvalue weighted by molar-refractivity contribution is 6.02. The summed E-state index contributed by atoms with van der Waals surface area (Å²) in [6.45, 7) is 2.34. The summed E-state index contributed by atoms with van der Waals surface area (Å²) in [6, 6.07) is 5.93. The van der Waals surface area contributed by atoms with Crippen LogP contribution >= 0.6 is 0 Å². The number of oxime groups is 1. The monoisotopic (exact) mass is 460 g/mol. The van der Waals surface area contributed by atoms with E-state index >= 15 is 0 Å². The van der Waals surface area contributed by atoms with Gasteiger partial charge in [-0.3, -0.25) is 4.79 Å². The van der Waals surface area contributed by atoms with Crippen LogP contribution in [0.1, 0.15) is 34.0 Å². The first kappa shape index (κ1) is 23.0. The minimum absolute atomic E-state index is 0.0975. The lowest BCUT2D eigenvalue weighted by Gasteiger charge is -2.30. The highest BCUT2D eigenvalue weighted by Crippen LogP contribution is 2.23. The molecule has 1 aromatic carbocycles. The summed E-state index contributed by atoms with van der Waals surface area (Å²) in [5.41, 5.74) is 1.93. The maximum absolute atomic E-state index is 13.6. The fraction of sp³-hybridized carbons (Fsp3) is 0.455. The molecule has 10 nitrogen and oxygen atoms in total. The molecular weight excluding hydrogens is 435 g/mol. The molecular formula is C22H25FN4O6. The Labute approximate surface area is 189 Å². The van der Waals surface area contributed by atoms with Gasteiger partial charge in [0.2, 0.25) is 0 Å². The molecule has 176 valence electrons. The number of methoxy groups -OCH3 is 1. The van der Waals surface area contributed by atoms with Crippen molar-refractivity contribution in [3.63, 3.8) is 0 Å². The van der Waals surface area contributed by atoms with Crippen molar-refractivity contribution in [2.75, 3.05) is 26.9 Å². The number of ether oxygens (including phenoxy) is 3. The first-order valence-electron chi connectivity index (χ1n) is 10.5. The molecule has 0 saturated carbocycles. The van der Waals surface area contributed by atoms with E-state index in [9.17, 15) is 9.18 Å². The topological polar surface area (TPSA) is 124 Å². The van der Waals surface area contributed by atoms with Gasteiger partial charge in [-0.1, -0.05) is 11.2 Å². The van der Waals surface area contributed by atoms with Crippen LogP contribution < -0.4 is 10.1 Å². The highest BCUT2D eigenvalue weighted by Gasteiger charge is 2.35. The fourth-order valence-electron chi connectivity index (χ4n) is 3.54. The van der Waals surface area contributed by atoms with Crippen LogP contribution in [-0.4, -0.2) is 71.9 Å². The number of nitrogens with zero attached hydrogens (tertiary/aromatic N) is 3. The Balaban J connectivity index is 1.39. The second-order valence-electron chi connectivity index (χ2n) is 7.73. The maximum Gasteiger partial charge on any atom is 0.270 e. The second kappa shape index (κ2) is 10.2. The van der Waals surface area contributed by atoms with E-state index in [1.165, 1.54) is 19.2 Å². The number of aryl methyl sites for hydroxylation is 1. The Morgan fingerprint density at radius 2 is 2.09 bits per heavy atom. The molecule has 1 saturated heterocycles. The molecule has 4 rings (SSSR count). The Kier molecular flexibility index (Phi) is 7.11. The molecule has 1 fully saturated rings. The number of carbonyl (C=O) groups is 1. The number of nitrogens with one attached hydrogen (secondary N) is 1. The average molecular weight is 460 g/mol. The number of aliphatic hydroxyl groups is 1. The Morgan fingerprint density at radius 3 is 2.82 bits per heavy atom. The third kappa shape index (κ3) is 5.44. The van der Waals surface area contributed by atoms with Crippen LogP contribution in [0.5, 0.6) is 5.75 Å². The van der Waals surface area contributed by atoms with E-state index in [1.54, 1.807) is 19.1 Å². The number of halogens is 1. The maximum atomic E-state index is 13.6. The molecule has 0 bridgehead atoms. The van der Waals surface area contributed by atoms with Gasteiger partial charge < -0.3 is 29.5 Å². The summed E-state index contributed by atoms with van der Waals surface area (Å²) in [5.74, 6) is -0.356. The van der Waals surface area contributed by atoms with Crippen LogP contribution in [0.4, 0.5) is 4.39 Å². The lowest BCUT2D eigenvalue weighted by molar-refractivity contribution is -0.178. The van der Waals surface area contributed by atoms with Crippen molar-refractivity contribution in [3.05, 3.63) is 52.9 Å². The van der Waals surface area contributed by atoms with Crippen LogP contribution in [0.25, 0.3) is 0 Å². The number of hydrogen-bond donors (Lipinski definition) is 2. The van der Waals surface area contributed by atoms with Crippen molar-refractivity contribution in [1.29, 1.82) is 0 Å². The average Bonchev–Trinajstić information content (AvgIpc) is 3.33. The van der Waals surface area contributed by atoms with Crippen LogP contribution in [0, 0.1) is 12.7 Å². The van der Waals surface area contributed by atoms with Crippen LogP contribution in [0.3, 0.4) is 0 Å². The first-order valence-corrected chi connectivity index (χ1v) is 10.5. The Morgan fingerprint density at radius 1 is 1.24 bits per heavy atom. The zero-order chi connectivity index (χ0) is 23.4. The van der Waals surface area contributed by atoms with Crippen molar-refractivity contribution in [3.8, 4) is 5.75 Å². The van der Waals surface area contributed by atoms with Gasteiger partial charge in [0, 0.05) is 13.0 Å². The van der Waals surface area contributed by atoms with E-state index in [-0.39, 0.29) is 49.5 Å². The highest BCUT2D eigenvalue weighted by atomic mass is 19.1. The van der Waals surface area contributed by atoms with Crippen molar-refractivity contribution in [2.45, 2.75) is 38.2 Å². The lowest BCUT2D eigenvalue weighted by atomic mass is 10.0. The van der Waals surface area contributed by atoms with E-state index in [4.69, 9.17) is 24.2 Å². The smallest absolute Gasteiger partial charge is 0.270 e. The number of carbonyl (C=O) groups excluding carboxylic acids is 1. The summed E-state index contributed by atoms with van der Waals surface area (Å²) >= 11 is 0. The fourth-order valence-corrected chi connectivity index (χ4v) is 3.54. The minimum atomic E-state index is -0.472.